The number of carbonyl (C=O) groups is 2. The van der Waals surface area contributed by atoms with Crippen LogP contribution in [0.25, 0.3) is 0 Å². The maximum atomic E-state index is 12.0. The molecule has 5 heteroatoms. The van der Waals surface area contributed by atoms with E-state index in [9.17, 15) is 9.59 Å². The van der Waals surface area contributed by atoms with Gasteiger partial charge in [-0.1, -0.05) is 6.07 Å². The number of aromatic carboxylic acids is 1. The average Bonchev–Trinajstić information content (AvgIpc) is 2.41. The molecular formula is C14H17NO4. The molecule has 0 aromatic heterocycles. The Morgan fingerprint density at radius 3 is 2.79 bits per heavy atom. The van der Waals surface area contributed by atoms with Gasteiger partial charge in [0.25, 0.3) is 5.91 Å². The lowest BCUT2D eigenvalue weighted by Gasteiger charge is -2.22. The Kier molecular flexibility index (Phi) is 4.16. The van der Waals surface area contributed by atoms with Crippen molar-refractivity contribution < 1.29 is 19.4 Å². The second-order valence-corrected chi connectivity index (χ2v) is 4.63. The fraction of sp³-hybridized carbons (Fsp3) is 0.429. The van der Waals surface area contributed by atoms with Gasteiger partial charge in [-0.25, -0.2) is 4.79 Å². The van der Waals surface area contributed by atoms with Crippen LogP contribution in [-0.2, 0) is 9.53 Å². The molecule has 1 unspecified atom stereocenters. The quantitative estimate of drug-likeness (QED) is 0.876. The summed E-state index contributed by atoms with van der Waals surface area (Å²) in [6.45, 7) is 2.28. The van der Waals surface area contributed by atoms with Crippen molar-refractivity contribution in [3.05, 3.63) is 29.3 Å². The maximum Gasteiger partial charge on any atom is 0.336 e. The van der Waals surface area contributed by atoms with Crippen LogP contribution in [0.15, 0.2) is 18.2 Å². The normalized spacial score (nSPS) is 18.9. The van der Waals surface area contributed by atoms with Crippen molar-refractivity contribution >= 4 is 17.6 Å². The van der Waals surface area contributed by atoms with Gasteiger partial charge >= 0.3 is 5.97 Å². The third-order valence-corrected chi connectivity index (χ3v) is 3.29. The van der Waals surface area contributed by atoms with E-state index in [2.05, 4.69) is 5.32 Å². The van der Waals surface area contributed by atoms with Gasteiger partial charge in [0.2, 0.25) is 0 Å². The molecule has 1 fully saturated rings. The van der Waals surface area contributed by atoms with Crippen molar-refractivity contribution in [2.45, 2.75) is 32.3 Å². The van der Waals surface area contributed by atoms with E-state index < -0.39 is 12.1 Å². The van der Waals surface area contributed by atoms with Crippen LogP contribution in [0.3, 0.4) is 0 Å². The Bertz CT molecular complexity index is 492. The zero-order valence-corrected chi connectivity index (χ0v) is 10.8. The Labute approximate surface area is 111 Å². The minimum absolute atomic E-state index is 0.197. The maximum absolute atomic E-state index is 12.0. The van der Waals surface area contributed by atoms with Crippen molar-refractivity contribution in [2.24, 2.45) is 0 Å². The lowest BCUT2D eigenvalue weighted by molar-refractivity contribution is -0.129. The number of carbonyl (C=O) groups excluding carboxylic acids is 1. The van der Waals surface area contributed by atoms with Gasteiger partial charge in [0.1, 0.15) is 6.10 Å². The molecule has 0 bridgehead atoms. The van der Waals surface area contributed by atoms with E-state index in [1.807, 2.05) is 0 Å². The first-order valence-electron chi connectivity index (χ1n) is 6.35. The molecule has 0 saturated carbocycles. The highest BCUT2D eigenvalue weighted by Gasteiger charge is 2.22. The summed E-state index contributed by atoms with van der Waals surface area (Å²) >= 11 is 0. The summed E-state index contributed by atoms with van der Waals surface area (Å²) in [6, 6.07) is 4.83. The number of hydrogen-bond acceptors (Lipinski definition) is 3. The minimum atomic E-state index is -0.998. The lowest BCUT2D eigenvalue weighted by atomic mass is 10.1. The van der Waals surface area contributed by atoms with Crippen molar-refractivity contribution in [3.63, 3.8) is 0 Å². The molecule has 0 spiro atoms. The fourth-order valence-corrected chi connectivity index (χ4v) is 2.16. The Morgan fingerprint density at radius 1 is 1.37 bits per heavy atom. The number of hydrogen-bond donors (Lipinski definition) is 2. The smallest absolute Gasteiger partial charge is 0.336 e. The van der Waals surface area contributed by atoms with Crippen LogP contribution >= 0.6 is 0 Å². The number of ether oxygens (including phenoxy) is 1. The first-order chi connectivity index (χ1) is 9.09. The summed E-state index contributed by atoms with van der Waals surface area (Å²) in [7, 11) is 0. The van der Waals surface area contributed by atoms with E-state index in [1.165, 1.54) is 6.07 Å². The van der Waals surface area contributed by atoms with Gasteiger partial charge in [-0.05, 0) is 43.9 Å². The molecule has 1 heterocycles. The molecule has 5 nitrogen and oxygen atoms in total. The number of rotatable bonds is 3. The topological polar surface area (TPSA) is 75.6 Å². The summed E-state index contributed by atoms with van der Waals surface area (Å²) in [4.78, 5) is 23.0. The molecule has 0 aliphatic carbocycles. The molecule has 1 aliphatic heterocycles. The van der Waals surface area contributed by atoms with Gasteiger partial charge in [0, 0.05) is 12.3 Å². The van der Waals surface area contributed by atoms with Crippen LogP contribution in [0.5, 0.6) is 0 Å². The number of carboxylic acid groups (broad SMARTS) is 1. The van der Waals surface area contributed by atoms with Crippen LogP contribution in [0, 0.1) is 6.92 Å². The molecule has 2 N–H and O–H groups in total. The van der Waals surface area contributed by atoms with Gasteiger partial charge < -0.3 is 15.2 Å². The summed E-state index contributed by atoms with van der Waals surface area (Å²) < 4.78 is 5.40. The summed E-state index contributed by atoms with van der Waals surface area (Å²) in [5.74, 6) is -1.20. The third-order valence-electron chi connectivity index (χ3n) is 3.29. The zero-order valence-electron chi connectivity index (χ0n) is 10.8. The van der Waals surface area contributed by atoms with Crippen molar-refractivity contribution in [3.8, 4) is 0 Å². The van der Waals surface area contributed by atoms with E-state index in [1.54, 1.807) is 19.1 Å². The number of amides is 1. The molecule has 1 aromatic carbocycles. The van der Waals surface area contributed by atoms with E-state index in [0.717, 1.165) is 12.8 Å². The first kappa shape index (κ1) is 13.5. The van der Waals surface area contributed by atoms with E-state index >= 15 is 0 Å². The van der Waals surface area contributed by atoms with E-state index in [4.69, 9.17) is 9.84 Å². The van der Waals surface area contributed by atoms with Gasteiger partial charge in [0.05, 0.1) is 5.56 Å². The predicted octanol–water partition coefficient (Wildman–Crippen LogP) is 2.20. The van der Waals surface area contributed by atoms with Gasteiger partial charge in [-0.2, -0.15) is 0 Å². The number of anilines is 1. The summed E-state index contributed by atoms with van der Waals surface area (Å²) in [6.07, 6.45) is 2.24. The van der Waals surface area contributed by atoms with E-state index in [-0.39, 0.29) is 11.5 Å². The highest BCUT2D eigenvalue weighted by Crippen LogP contribution is 2.21. The van der Waals surface area contributed by atoms with Gasteiger partial charge in [0.15, 0.2) is 0 Å². The Balaban J connectivity index is 2.12. The summed E-state index contributed by atoms with van der Waals surface area (Å²) in [5.41, 5.74) is 1.28. The molecule has 0 radical (unpaired) electrons. The van der Waals surface area contributed by atoms with Crippen LogP contribution in [-0.4, -0.2) is 29.7 Å². The molecule has 1 atom stereocenters. The fourth-order valence-electron chi connectivity index (χ4n) is 2.16. The molecule has 19 heavy (non-hydrogen) atoms. The molecule has 1 saturated heterocycles. The third kappa shape index (κ3) is 3.12. The zero-order chi connectivity index (χ0) is 13.8. The van der Waals surface area contributed by atoms with Crippen molar-refractivity contribution in [1.29, 1.82) is 0 Å². The highest BCUT2D eigenvalue weighted by molar-refractivity contribution is 5.97. The summed E-state index contributed by atoms with van der Waals surface area (Å²) in [5, 5.41) is 11.8. The van der Waals surface area contributed by atoms with Crippen molar-refractivity contribution in [2.75, 3.05) is 11.9 Å². The van der Waals surface area contributed by atoms with Crippen LogP contribution in [0.2, 0.25) is 0 Å². The van der Waals surface area contributed by atoms with E-state index in [0.29, 0.717) is 24.3 Å². The molecule has 102 valence electrons. The predicted molar refractivity (Wildman–Crippen MR) is 70.4 cm³/mol. The van der Waals surface area contributed by atoms with Crippen LogP contribution in [0.4, 0.5) is 5.69 Å². The molecule has 2 rings (SSSR count). The standard InChI is InChI=1S/C14H17NO4/c1-9-10(14(17)18)5-4-6-11(9)15-13(16)12-7-2-3-8-19-12/h4-6,12H,2-3,7-8H2,1H3,(H,15,16)(H,17,18). The second kappa shape index (κ2) is 5.84. The SMILES string of the molecule is Cc1c(NC(=O)C2CCCCO2)cccc1C(=O)O. The van der Waals surface area contributed by atoms with Gasteiger partial charge in [-0.3, -0.25) is 4.79 Å². The Morgan fingerprint density at radius 2 is 2.16 bits per heavy atom. The molecule has 1 aliphatic rings. The molecular weight excluding hydrogens is 246 g/mol. The number of benzene rings is 1. The van der Waals surface area contributed by atoms with Gasteiger partial charge in [-0.15, -0.1) is 0 Å². The minimum Gasteiger partial charge on any atom is -0.478 e. The Hall–Kier alpha value is -1.88. The van der Waals surface area contributed by atoms with Crippen LogP contribution < -0.4 is 5.32 Å². The highest BCUT2D eigenvalue weighted by atomic mass is 16.5. The van der Waals surface area contributed by atoms with Crippen LogP contribution in [0.1, 0.15) is 35.2 Å². The average molecular weight is 263 g/mol. The second-order valence-electron chi connectivity index (χ2n) is 4.63. The lowest BCUT2D eigenvalue weighted by Crippen LogP contribution is -2.33. The number of nitrogens with one attached hydrogen (secondary N) is 1. The number of carboxylic acids is 1. The first-order valence-corrected chi connectivity index (χ1v) is 6.35. The monoisotopic (exact) mass is 263 g/mol. The van der Waals surface area contributed by atoms with Crippen molar-refractivity contribution in [1.82, 2.24) is 0 Å². The molecule has 1 aromatic rings. The largest absolute Gasteiger partial charge is 0.478 e. The molecule has 1 amide bonds.